The summed E-state index contributed by atoms with van der Waals surface area (Å²) in [7, 11) is 1.67. The molecule has 1 aliphatic heterocycles. The summed E-state index contributed by atoms with van der Waals surface area (Å²) in [5, 5.41) is 0. The lowest BCUT2D eigenvalue weighted by atomic mass is 10.1. The molecule has 2 heterocycles. The Kier molecular flexibility index (Phi) is 5.27. The second-order valence-corrected chi connectivity index (χ2v) is 7.64. The number of hydrogen-bond donors (Lipinski definition) is 0. The Morgan fingerprint density at radius 2 is 1.89 bits per heavy atom. The molecule has 1 fully saturated rings. The van der Waals surface area contributed by atoms with Crippen LogP contribution in [0.5, 0.6) is 5.75 Å². The Morgan fingerprint density at radius 3 is 2.54 bits per heavy atom. The number of hydrogen-bond acceptors (Lipinski definition) is 4. The molecule has 2 atom stereocenters. The third kappa shape index (κ3) is 3.48. The molecule has 6 heteroatoms. The van der Waals surface area contributed by atoms with Crippen molar-refractivity contribution in [2.75, 3.05) is 13.7 Å². The number of nitrogens with zero attached hydrogens (tertiary/aromatic N) is 2. The lowest BCUT2D eigenvalue weighted by Gasteiger charge is -2.12. The molecule has 1 aromatic heterocycles. The third-order valence-electron chi connectivity index (χ3n) is 4.94. The van der Waals surface area contributed by atoms with Gasteiger partial charge in [0.25, 0.3) is 0 Å². The molecule has 0 saturated carbocycles. The minimum absolute atomic E-state index is 0.116. The van der Waals surface area contributed by atoms with Crippen LogP contribution in [0.4, 0.5) is 0 Å². The van der Waals surface area contributed by atoms with Gasteiger partial charge in [-0.3, -0.25) is 4.57 Å². The first-order valence-corrected chi connectivity index (χ1v) is 10.1. The van der Waals surface area contributed by atoms with Crippen LogP contribution in [0.1, 0.15) is 30.0 Å². The van der Waals surface area contributed by atoms with Gasteiger partial charge in [0.1, 0.15) is 11.6 Å². The average molecular weight is 443 g/mol. The molecular weight excluding hydrogens is 420 g/mol. The highest BCUT2D eigenvalue weighted by Gasteiger charge is 2.45. The van der Waals surface area contributed by atoms with Gasteiger partial charge in [-0.05, 0) is 62.7 Å². The van der Waals surface area contributed by atoms with E-state index in [1.807, 2.05) is 31.2 Å². The maximum absolute atomic E-state index is 5.72. The molecule has 2 aromatic carbocycles. The van der Waals surface area contributed by atoms with E-state index < -0.39 is 0 Å². The monoisotopic (exact) mass is 442 g/mol. The quantitative estimate of drug-likeness (QED) is 0.482. The van der Waals surface area contributed by atoms with E-state index >= 15 is 0 Å². The second-order valence-electron chi connectivity index (χ2n) is 6.78. The van der Waals surface area contributed by atoms with E-state index in [0.29, 0.717) is 6.61 Å². The zero-order chi connectivity index (χ0) is 19.8. The van der Waals surface area contributed by atoms with Crippen molar-refractivity contribution in [1.82, 2.24) is 9.55 Å². The molecule has 5 nitrogen and oxygen atoms in total. The summed E-state index contributed by atoms with van der Waals surface area (Å²) in [5.74, 6) is 1.71. The van der Waals surface area contributed by atoms with Crippen molar-refractivity contribution < 1.29 is 14.2 Å². The maximum Gasteiger partial charge on any atom is 0.190 e. The summed E-state index contributed by atoms with van der Waals surface area (Å²) in [4.78, 5) is 4.98. The zero-order valence-electron chi connectivity index (χ0n) is 16.4. The van der Waals surface area contributed by atoms with Gasteiger partial charge in [0, 0.05) is 28.0 Å². The molecule has 0 amide bonds. The minimum atomic E-state index is -0.206. The van der Waals surface area contributed by atoms with E-state index in [2.05, 4.69) is 52.5 Å². The predicted molar refractivity (Wildman–Crippen MR) is 112 cm³/mol. The van der Waals surface area contributed by atoms with Crippen molar-refractivity contribution in [3.63, 3.8) is 0 Å². The fraction of sp³-hybridized carbons (Fsp3) is 0.318. The second kappa shape index (κ2) is 7.70. The van der Waals surface area contributed by atoms with Crippen LogP contribution in [0.3, 0.4) is 0 Å². The summed E-state index contributed by atoms with van der Waals surface area (Å²) in [6, 6.07) is 14.3. The van der Waals surface area contributed by atoms with Crippen LogP contribution in [0.15, 0.2) is 46.9 Å². The van der Waals surface area contributed by atoms with Crippen LogP contribution in [-0.2, 0) is 9.47 Å². The van der Waals surface area contributed by atoms with Gasteiger partial charge in [0.05, 0.1) is 12.8 Å². The number of aromatic nitrogens is 2. The Morgan fingerprint density at radius 1 is 1.14 bits per heavy atom. The first kappa shape index (κ1) is 19.2. The average Bonchev–Trinajstić information content (AvgIpc) is 3.38. The lowest BCUT2D eigenvalue weighted by Crippen LogP contribution is -2.01. The van der Waals surface area contributed by atoms with Gasteiger partial charge in [-0.15, -0.1) is 0 Å². The van der Waals surface area contributed by atoms with Gasteiger partial charge in [0.2, 0.25) is 0 Å². The first-order chi connectivity index (χ1) is 13.5. The van der Waals surface area contributed by atoms with E-state index in [-0.39, 0.29) is 12.4 Å². The van der Waals surface area contributed by atoms with E-state index in [9.17, 15) is 0 Å². The topological polar surface area (TPSA) is 48.8 Å². The molecule has 0 radical (unpaired) electrons. The maximum atomic E-state index is 5.72. The Hall–Kier alpha value is -2.15. The van der Waals surface area contributed by atoms with Gasteiger partial charge >= 0.3 is 0 Å². The molecular formula is C22H23BrN2O3. The summed E-state index contributed by atoms with van der Waals surface area (Å²) < 4.78 is 19.9. The lowest BCUT2D eigenvalue weighted by molar-refractivity contribution is 0.0593. The van der Waals surface area contributed by atoms with Gasteiger partial charge in [-0.1, -0.05) is 22.0 Å². The first-order valence-electron chi connectivity index (χ1n) is 9.30. The molecule has 28 heavy (non-hydrogen) atoms. The highest BCUT2D eigenvalue weighted by Crippen LogP contribution is 2.42. The number of halogens is 1. The van der Waals surface area contributed by atoms with Crippen molar-refractivity contribution in [3.05, 3.63) is 63.9 Å². The molecule has 0 N–H and O–H groups in total. The van der Waals surface area contributed by atoms with Gasteiger partial charge in [0.15, 0.2) is 12.4 Å². The third-order valence-corrected chi connectivity index (χ3v) is 5.83. The van der Waals surface area contributed by atoms with Gasteiger partial charge < -0.3 is 14.2 Å². The summed E-state index contributed by atoms with van der Waals surface area (Å²) in [5.41, 5.74) is 5.22. The van der Waals surface area contributed by atoms with E-state index in [1.165, 1.54) is 0 Å². The van der Waals surface area contributed by atoms with Crippen molar-refractivity contribution in [3.8, 4) is 22.8 Å². The van der Waals surface area contributed by atoms with Crippen LogP contribution in [0.25, 0.3) is 17.1 Å². The Balaban J connectivity index is 1.84. The largest absolute Gasteiger partial charge is 0.497 e. The normalized spacial score (nSPS) is 18.3. The van der Waals surface area contributed by atoms with E-state index in [1.54, 1.807) is 7.11 Å². The number of imidazole rings is 1. The van der Waals surface area contributed by atoms with E-state index in [4.69, 9.17) is 19.2 Å². The predicted octanol–water partition coefficient (Wildman–Crippen LogP) is 5.36. The molecule has 3 aromatic rings. The van der Waals surface area contributed by atoms with Gasteiger partial charge in [-0.25, -0.2) is 4.98 Å². The van der Waals surface area contributed by atoms with Crippen molar-refractivity contribution in [1.29, 1.82) is 0 Å². The molecule has 0 aliphatic carbocycles. The number of benzene rings is 2. The van der Waals surface area contributed by atoms with Crippen LogP contribution in [0.2, 0.25) is 0 Å². The van der Waals surface area contributed by atoms with Crippen molar-refractivity contribution >= 4 is 15.9 Å². The van der Waals surface area contributed by atoms with E-state index in [0.717, 1.165) is 44.2 Å². The standard InChI is InChI=1S/C22H23BrN2O3/c1-5-27-22-20(28-22)19-14(3)25(16-7-9-17(26-4)10-8-16)21(24-19)15-6-11-18(23)13(2)12-15/h6-12,20,22H,5H2,1-4H3. The molecule has 146 valence electrons. The summed E-state index contributed by atoms with van der Waals surface area (Å²) in [6.07, 6.45) is -0.322. The SMILES string of the molecule is CCOC1OC1c1nc(-c2ccc(Br)c(C)c2)n(-c2ccc(OC)cc2)c1C. The van der Waals surface area contributed by atoms with Crippen LogP contribution >= 0.6 is 15.9 Å². The summed E-state index contributed by atoms with van der Waals surface area (Å²) in [6.45, 7) is 6.75. The molecule has 0 spiro atoms. The Bertz CT molecular complexity index is 998. The molecule has 1 saturated heterocycles. The number of aryl methyl sites for hydroxylation is 1. The number of epoxide rings is 1. The fourth-order valence-corrected chi connectivity index (χ4v) is 3.64. The van der Waals surface area contributed by atoms with Crippen molar-refractivity contribution in [2.45, 2.75) is 33.2 Å². The highest BCUT2D eigenvalue weighted by molar-refractivity contribution is 9.10. The Labute approximate surface area is 173 Å². The summed E-state index contributed by atoms with van der Waals surface area (Å²) >= 11 is 3.58. The van der Waals surface area contributed by atoms with Crippen LogP contribution < -0.4 is 4.74 Å². The van der Waals surface area contributed by atoms with Crippen LogP contribution in [-0.4, -0.2) is 29.6 Å². The number of rotatable bonds is 6. The van der Waals surface area contributed by atoms with Crippen LogP contribution in [0, 0.1) is 13.8 Å². The minimum Gasteiger partial charge on any atom is -0.497 e. The smallest absolute Gasteiger partial charge is 0.190 e. The highest BCUT2D eigenvalue weighted by atomic mass is 79.9. The van der Waals surface area contributed by atoms with Gasteiger partial charge in [-0.2, -0.15) is 0 Å². The molecule has 2 unspecified atom stereocenters. The molecule has 0 bridgehead atoms. The zero-order valence-corrected chi connectivity index (χ0v) is 18.0. The van der Waals surface area contributed by atoms with Crippen molar-refractivity contribution in [2.24, 2.45) is 0 Å². The number of ether oxygens (including phenoxy) is 3. The molecule has 1 aliphatic rings. The molecule has 4 rings (SSSR count). The number of methoxy groups -OCH3 is 1. The fourth-order valence-electron chi connectivity index (χ4n) is 3.40.